The molecule has 0 aromatic carbocycles. The number of ether oxygens (including phenoxy) is 2. The minimum atomic E-state index is -0.620. The van der Waals surface area contributed by atoms with E-state index in [9.17, 15) is 5.11 Å². The summed E-state index contributed by atoms with van der Waals surface area (Å²) in [5, 5.41) is 9.60. The van der Waals surface area contributed by atoms with Gasteiger partial charge in [0.15, 0.2) is 5.79 Å². The van der Waals surface area contributed by atoms with Gasteiger partial charge in [-0.2, -0.15) is 0 Å². The van der Waals surface area contributed by atoms with Crippen LogP contribution < -0.4 is 0 Å². The highest BCUT2D eigenvalue weighted by Gasteiger charge is 2.46. The largest absolute Gasteiger partial charge is 0.386 e. The summed E-state index contributed by atoms with van der Waals surface area (Å²) in [6, 6.07) is 0. The zero-order valence-corrected chi connectivity index (χ0v) is 7.86. The fourth-order valence-corrected chi connectivity index (χ4v) is 1.75. The van der Waals surface area contributed by atoms with Crippen LogP contribution in [0.3, 0.4) is 0 Å². The van der Waals surface area contributed by atoms with E-state index in [0.717, 1.165) is 5.57 Å². The zero-order chi connectivity index (χ0) is 9.64. The molecule has 0 saturated carbocycles. The van der Waals surface area contributed by atoms with Crippen LogP contribution >= 0.6 is 0 Å². The van der Waals surface area contributed by atoms with Gasteiger partial charge in [0.25, 0.3) is 0 Å². The van der Waals surface area contributed by atoms with Gasteiger partial charge < -0.3 is 14.6 Å². The van der Waals surface area contributed by atoms with E-state index in [-0.39, 0.29) is 12.2 Å². The second-order valence-electron chi connectivity index (χ2n) is 3.95. The van der Waals surface area contributed by atoms with Crippen molar-refractivity contribution in [2.45, 2.75) is 37.9 Å². The molecule has 3 heteroatoms. The van der Waals surface area contributed by atoms with Gasteiger partial charge in [-0.15, -0.1) is 0 Å². The fourth-order valence-electron chi connectivity index (χ4n) is 1.75. The third kappa shape index (κ3) is 1.43. The summed E-state index contributed by atoms with van der Waals surface area (Å²) < 4.78 is 11.2. The molecule has 1 aliphatic carbocycles. The average Bonchev–Trinajstić information content (AvgIpc) is 2.35. The number of hydrogen-bond acceptors (Lipinski definition) is 3. The summed E-state index contributed by atoms with van der Waals surface area (Å²) in [6.45, 7) is 7.53. The van der Waals surface area contributed by atoms with Crippen LogP contribution in [0, 0.1) is 0 Å². The Morgan fingerprint density at radius 3 is 2.77 bits per heavy atom. The molecular weight excluding hydrogens is 168 g/mol. The first-order chi connectivity index (χ1) is 5.99. The first-order valence-corrected chi connectivity index (χ1v) is 4.40. The Kier molecular flexibility index (Phi) is 1.84. The smallest absolute Gasteiger partial charge is 0.164 e. The molecule has 2 aliphatic rings. The maximum atomic E-state index is 9.60. The van der Waals surface area contributed by atoms with Gasteiger partial charge in [-0.25, -0.2) is 0 Å². The topological polar surface area (TPSA) is 38.7 Å². The third-order valence-electron chi connectivity index (χ3n) is 2.34. The maximum Gasteiger partial charge on any atom is 0.164 e. The molecule has 0 aromatic rings. The molecule has 0 spiro atoms. The molecule has 3 nitrogen and oxygen atoms in total. The molecule has 0 aromatic heterocycles. The lowest BCUT2D eigenvalue weighted by Crippen LogP contribution is -2.37. The van der Waals surface area contributed by atoms with E-state index in [1.165, 1.54) is 0 Å². The van der Waals surface area contributed by atoms with E-state index in [1.807, 2.05) is 13.8 Å². The molecule has 1 saturated heterocycles. The summed E-state index contributed by atoms with van der Waals surface area (Å²) in [7, 11) is 0. The first kappa shape index (κ1) is 8.94. The quantitative estimate of drug-likeness (QED) is 0.607. The molecule has 0 bridgehead atoms. The Balaban J connectivity index is 2.26. The number of aliphatic hydroxyl groups is 1. The Bertz CT molecular complexity index is 267. The van der Waals surface area contributed by atoms with Crippen molar-refractivity contribution in [3.63, 3.8) is 0 Å². The van der Waals surface area contributed by atoms with Crippen LogP contribution in [0.25, 0.3) is 0 Å². The first-order valence-electron chi connectivity index (χ1n) is 4.40. The number of aliphatic hydroxyl groups excluding tert-OH is 1. The van der Waals surface area contributed by atoms with Crippen LogP contribution in [0.1, 0.15) is 13.8 Å². The molecule has 1 heterocycles. The fraction of sp³-hybridized carbons (Fsp3) is 0.600. The predicted molar refractivity (Wildman–Crippen MR) is 48.1 cm³/mol. The van der Waals surface area contributed by atoms with Crippen molar-refractivity contribution in [3.8, 4) is 0 Å². The van der Waals surface area contributed by atoms with Crippen LogP contribution in [0.4, 0.5) is 0 Å². The van der Waals surface area contributed by atoms with E-state index >= 15 is 0 Å². The van der Waals surface area contributed by atoms with Crippen molar-refractivity contribution in [1.82, 2.24) is 0 Å². The normalized spacial score (nSPS) is 42.1. The van der Waals surface area contributed by atoms with E-state index < -0.39 is 11.9 Å². The molecule has 1 N–H and O–H groups in total. The Hall–Kier alpha value is -0.640. The van der Waals surface area contributed by atoms with Crippen molar-refractivity contribution in [2.75, 3.05) is 0 Å². The van der Waals surface area contributed by atoms with Crippen molar-refractivity contribution in [3.05, 3.63) is 24.3 Å². The molecule has 0 unspecified atom stereocenters. The van der Waals surface area contributed by atoms with Crippen LogP contribution in [-0.4, -0.2) is 29.2 Å². The van der Waals surface area contributed by atoms with Gasteiger partial charge in [0.05, 0.1) is 0 Å². The average molecular weight is 182 g/mol. The van der Waals surface area contributed by atoms with Gasteiger partial charge in [-0.1, -0.05) is 18.7 Å². The van der Waals surface area contributed by atoms with E-state index in [2.05, 4.69) is 6.58 Å². The molecule has 2 rings (SSSR count). The summed E-state index contributed by atoms with van der Waals surface area (Å²) in [5.41, 5.74) is 0.862. The second-order valence-corrected chi connectivity index (χ2v) is 3.95. The van der Waals surface area contributed by atoms with Gasteiger partial charge in [0.2, 0.25) is 0 Å². The van der Waals surface area contributed by atoms with E-state index in [4.69, 9.17) is 9.47 Å². The molecule has 72 valence electrons. The van der Waals surface area contributed by atoms with Crippen LogP contribution in [-0.2, 0) is 9.47 Å². The minimum Gasteiger partial charge on any atom is -0.386 e. The van der Waals surface area contributed by atoms with Gasteiger partial charge in [-0.3, -0.25) is 0 Å². The van der Waals surface area contributed by atoms with Crippen LogP contribution in [0.2, 0.25) is 0 Å². The van der Waals surface area contributed by atoms with Gasteiger partial charge >= 0.3 is 0 Å². The van der Waals surface area contributed by atoms with Crippen molar-refractivity contribution in [1.29, 1.82) is 0 Å². The van der Waals surface area contributed by atoms with Crippen LogP contribution in [0.15, 0.2) is 24.3 Å². The highest BCUT2D eigenvalue weighted by atomic mass is 16.8. The van der Waals surface area contributed by atoms with Gasteiger partial charge in [-0.05, 0) is 19.4 Å². The molecule has 0 radical (unpaired) electrons. The zero-order valence-electron chi connectivity index (χ0n) is 7.86. The summed E-state index contributed by atoms with van der Waals surface area (Å²) >= 11 is 0. The Morgan fingerprint density at radius 1 is 1.46 bits per heavy atom. The SMILES string of the molecule is C=C1C=C[C@H](O)[C@H]2OC(C)(C)O[C@H]12. The molecule has 1 aliphatic heterocycles. The third-order valence-corrected chi connectivity index (χ3v) is 2.34. The number of rotatable bonds is 0. The summed E-state index contributed by atoms with van der Waals surface area (Å²) in [6.07, 6.45) is 2.39. The molecule has 0 amide bonds. The Morgan fingerprint density at radius 2 is 2.15 bits per heavy atom. The summed E-state index contributed by atoms with van der Waals surface area (Å²) in [4.78, 5) is 0. The summed E-state index contributed by atoms with van der Waals surface area (Å²) in [5.74, 6) is -0.620. The monoisotopic (exact) mass is 182 g/mol. The van der Waals surface area contributed by atoms with Crippen LogP contribution in [0.5, 0.6) is 0 Å². The molecule has 1 fully saturated rings. The lowest BCUT2D eigenvalue weighted by atomic mass is 9.95. The van der Waals surface area contributed by atoms with E-state index in [1.54, 1.807) is 12.2 Å². The second kappa shape index (κ2) is 2.67. The highest BCUT2D eigenvalue weighted by Crippen LogP contribution is 2.36. The van der Waals surface area contributed by atoms with E-state index in [0.29, 0.717) is 0 Å². The van der Waals surface area contributed by atoms with Gasteiger partial charge in [0.1, 0.15) is 18.3 Å². The Labute approximate surface area is 77.7 Å². The van der Waals surface area contributed by atoms with Crippen molar-refractivity contribution >= 4 is 0 Å². The number of hydrogen-bond donors (Lipinski definition) is 1. The van der Waals surface area contributed by atoms with Crippen molar-refractivity contribution in [2.24, 2.45) is 0 Å². The van der Waals surface area contributed by atoms with Crippen molar-refractivity contribution < 1.29 is 14.6 Å². The van der Waals surface area contributed by atoms with Gasteiger partial charge in [0, 0.05) is 0 Å². The standard InChI is InChI=1S/C10H14O3/c1-6-4-5-7(11)9-8(6)12-10(2,3)13-9/h4-5,7-9,11H,1H2,2-3H3/t7-,8+,9+/m0/s1. The lowest BCUT2D eigenvalue weighted by Gasteiger charge is -2.24. The predicted octanol–water partition coefficient (Wildman–Crippen LogP) is 0.993. The highest BCUT2D eigenvalue weighted by molar-refractivity contribution is 5.29. The lowest BCUT2D eigenvalue weighted by molar-refractivity contribution is -0.150. The molecule has 3 atom stereocenters. The molecular formula is C10H14O3. The number of fused-ring (bicyclic) bond motifs is 1. The maximum absolute atomic E-state index is 9.60. The molecule has 13 heavy (non-hydrogen) atoms. The minimum absolute atomic E-state index is 0.199.